The fourth-order valence-electron chi connectivity index (χ4n) is 3.30. The van der Waals surface area contributed by atoms with Gasteiger partial charge in [0, 0.05) is 25.3 Å². The summed E-state index contributed by atoms with van der Waals surface area (Å²) in [6, 6.07) is 3.06. The van der Waals surface area contributed by atoms with Crippen molar-refractivity contribution >= 4 is 40.0 Å². The molecule has 2 aromatic heterocycles. The van der Waals surface area contributed by atoms with Crippen molar-refractivity contribution in [2.75, 3.05) is 23.7 Å². The molecular weight excluding hydrogens is 408 g/mol. The van der Waals surface area contributed by atoms with Gasteiger partial charge in [0.05, 0.1) is 21.6 Å². The highest BCUT2D eigenvalue weighted by molar-refractivity contribution is 6.38. The summed E-state index contributed by atoms with van der Waals surface area (Å²) in [7, 11) is 0. The molecule has 0 radical (unpaired) electrons. The Kier molecular flexibility index (Phi) is 4.39. The Hall–Kier alpha value is -3.24. The van der Waals surface area contributed by atoms with E-state index in [4.69, 9.17) is 23.1 Å². The van der Waals surface area contributed by atoms with E-state index < -0.39 is 34.4 Å². The summed E-state index contributed by atoms with van der Waals surface area (Å²) in [6.45, 7) is 0.725. The molecule has 5 N–H and O–H groups in total. The number of nitrogens with two attached hydrogens (primary N) is 2. The maximum atomic E-state index is 14.8. The highest BCUT2D eigenvalue weighted by Gasteiger charge is 2.30. The van der Waals surface area contributed by atoms with Crippen LogP contribution in [0.25, 0.3) is 16.7 Å². The molecule has 0 atom stereocenters. The Bertz CT molecular complexity index is 1240. The minimum absolute atomic E-state index is 0.0103. The zero-order valence-electron chi connectivity index (χ0n) is 14.7. The van der Waals surface area contributed by atoms with Crippen molar-refractivity contribution in [1.29, 1.82) is 0 Å². The van der Waals surface area contributed by atoms with Gasteiger partial charge < -0.3 is 21.5 Å². The van der Waals surface area contributed by atoms with E-state index in [1.54, 1.807) is 4.90 Å². The zero-order chi connectivity index (χ0) is 21.0. The molecule has 0 bridgehead atoms. The molecule has 150 valence electrons. The fourth-order valence-corrected chi connectivity index (χ4v) is 3.71. The number of halogens is 3. The van der Waals surface area contributed by atoms with Crippen molar-refractivity contribution in [1.82, 2.24) is 9.55 Å². The van der Waals surface area contributed by atoms with E-state index in [2.05, 4.69) is 4.98 Å². The number of nitrogens with zero attached hydrogens (tertiary/aromatic N) is 3. The molecule has 4 rings (SSSR count). The van der Waals surface area contributed by atoms with Gasteiger partial charge in [-0.2, -0.15) is 0 Å². The summed E-state index contributed by atoms with van der Waals surface area (Å²) in [5.74, 6) is -3.50. The van der Waals surface area contributed by atoms with Crippen LogP contribution in [0.4, 0.5) is 20.3 Å². The lowest BCUT2D eigenvalue weighted by Crippen LogP contribution is -2.56. The molecule has 1 fully saturated rings. The second kappa shape index (κ2) is 6.68. The van der Waals surface area contributed by atoms with Crippen molar-refractivity contribution in [2.24, 2.45) is 5.73 Å². The molecule has 1 aliphatic heterocycles. The van der Waals surface area contributed by atoms with Gasteiger partial charge in [0.15, 0.2) is 11.6 Å². The van der Waals surface area contributed by atoms with Crippen LogP contribution in [-0.2, 0) is 0 Å². The third kappa shape index (κ3) is 2.97. The predicted molar refractivity (Wildman–Crippen MR) is 104 cm³/mol. The molecular formula is C18H14ClF2N5O3. The molecule has 0 amide bonds. The SMILES string of the molecule is Nc1nc(-n2cc(C(=O)O)c(=O)c3cc(F)c(N4CC(N)C4)c(Cl)c32)ccc1F. The average molecular weight is 422 g/mol. The van der Waals surface area contributed by atoms with E-state index in [9.17, 15) is 23.5 Å². The smallest absolute Gasteiger partial charge is 0.341 e. The molecule has 1 aliphatic rings. The highest BCUT2D eigenvalue weighted by atomic mass is 35.5. The standard InChI is InChI=1S/C18H14ClF2N5O3/c19-13-14-8(3-11(21)15(13)25-4-7(22)5-25)16(27)9(18(28)29)6-26(14)12-2-1-10(20)17(23)24-12/h1-3,6-7H,4-5,22H2,(H2,23,24)(H,28,29). The second-order valence-electron chi connectivity index (χ2n) is 6.67. The number of carbonyl (C=O) groups is 1. The topological polar surface area (TPSA) is 127 Å². The molecule has 1 aromatic carbocycles. The first-order valence-corrected chi connectivity index (χ1v) is 8.80. The number of rotatable bonds is 3. The minimum Gasteiger partial charge on any atom is -0.477 e. The zero-order valence-corrected chi connectivity index (χ0v) is 15.5. The number of carboxylic acids is 1. The van der Waals surface area contributed by atoms with E-state index >= 15 is 0 Å². The number of fused-ring (bicyclic) bond motifs is 1. The molecule has 0 spiro atoms. The lowest BCUT2D eigenvalue weighted by atomic mass is 10.1. The van der Waals surface area contributed by atoms with Crippen molar-refractivity contribution in [3.8, 4) is 5.82 Å². The van der Waals surface area contributed by atoms with Crippen LogP contribution >= 0.6 is 11.6 Å². The summed E-state index contributed by atoms with van der Waals surface area (Å²) >= 11 is 6.47. The number of carboxylic acid groups (broad SMARTS) is 1. The van der Waals surface area contributed by atoms with Gasteiger partial charge in [0.25, 0.3) is 0 Å². The number of pyridine rings is 2. The van der Waals surface area contributed by atoms with Crippen LogP contribution in [-0.4, -0.2) is 39.8 Å². The van der Waals surface area contributed by atoms with Gasteiger partial charge in [0.1, 0.15) is 17.2 Å². The summed E-state index contributed by atoms with van der Waals surface area (Å²) in [5, 5.41) is 9.01. The van der Waals surface area contributed by atoms with Crippen LogP contribution in [0.2, 0.25) is 5.02 Å². The van der Waals surface area contributed by atoms with Gasteiger partial charge in [-0.05, 0) is 18.2 Å². The van der Waals surface area contributed by atoms with Gasteiger partial charge in [-0.3, -0.25) is 9.36 Å². The maximum absolute atomic E-state index is 14.8. The monoisotopic (exact) mass is 421 g/mol. The van der Waals surface area contributed by atoms with Crippen LogP contribution in [0.3, 0.4) is 0 Å². The molecule has 11 heteroatoms. The van der Waals surface area contributed by atoms with E-state index in [1.165, 1.54) is 10.6 Å². The predicted octanol–water partition coefficient (Wildman–Crippen LogP) is 1.74. The molecule has 3 heterocycles. The van der Waals surface area contributed by atoms with Gasteiger partial charge in [-0.25, -0.2) is 18.6 Å². The fraction of sp³-hybridized carbons (Fsp3) is 0.167. The molecule has 0 aliphatic carbocycles. The Balaban J connectivity index is 2.10. The van der Waals surface area contributed by atoms with Crippen LogP contribution in [0, 0.1) is 11.6 Å². The van der Waals surface area contributed by atoms with Crippen LogP contribution in [0.1, 0.15) is 10.4 Å². The third-order valence-corrected chi connectivity index (χ3v) is 5.08. The number of anilines is 2. The largest absolute Gasteiger partial charge is 0.477 e. The van der Waals surface area contributed by atoms with Crippen molar-refractivity contribution in [3.05, 3.63) is 56.8 Å². The maximum Gasteiger partial charge on any atom is 0.341 e. The van der Waals surface area contributed by atoms with E-state index in [-0.39, 0.29) is 33.5 Å². The summed E-state index contributed by atoms with van der Waals surface area (Å²) in [6.07, 6.45) is 1.00. The van der Waals surface area contributed by atoms with Crippen molar-refractivity contribution in [2.45, 2.75) is 6.04 Å². The number of benzene rings is 1. The number of aromatic carboxylic acids is 1. The molecule has 0 unspecified atom stereocenters. The van der Waals surface area contributed by atoms with Gasteiger partial charge in [0.2, 0.25) is 5.43 Å². The first-order valence-electron chi connectivity index (χ1n) is 8.42. The van der Waals surface area contributed by atoms with Gasteiger partial charge in [-0.15, -0.1) is 0 Å². The van der Waals surface area contributed by atoms with E-state index in [0.717, 1.165) is 18.3 Å². The quantitative estimate of drug-likeness (QED) is 0.587. The van der Waals surface area contributed by atoms with E-state index in [1.807, 2.05) is 0 Å². The Morgan fingerprint density at radius 3 is 2.55 bits per heavy atom. The van der Waals surface area contributed by atoms with Crippen LogP contribution in [0.5, 0.6) is 0 Å². The Morgan fingerprint density at radius 1 is 1.28 bits per heavy atom. The summed E-state index contributed by atoms with van der Waals surface area (Å²) in [4.78, 5) is 29.7. The van der Waals surface area contributed by atoms with E-state index in [0.29, 0.717) is 13.1 Å². The molecule has 8 nitrogen and oxygen atoms in total. The second-order valence-corrected chi connectivity index (χ2v) is 7.04. The van der Waals surface area contributed by atoms with Crippen LogP contribution in [0.15, 0.2) is 29.2 Å². The van der Waals surface area contributed by atoms with Gasteiger partial charge in [-0.1, -0.05) is 11.6 Å². The first-order chi connectivity index (χ1) is 13.7. The molecule has 1 saturated heterocycles. The minimum atomic E-state index is -1.52. The summed E-state index contributed by atoms with van der Waals surface area (Å²) in [5.41, 5.74) is 9.80. The molecule has 3 aromatic rings. The lowest BCUT2D eigenvalue weighted by molar-refractivity contribution is 0.0695. The normalized spacial score (nSPS) is 14.3. The molecule has 29 heavy (non-hydrogen) atoms. The van der Waals surface area contributed by atoms with Gasteiger partial charge >= 0.3 is 5.97 Å². The van der Waals surface area contributed by atoms with Crippen LogP contribution < -0.4 is 21.8 Å². The van der Waals surface area contributed by atoms with Crippen molar-refractivity contribution < 1.29 is 18.7 Å². The third-order valence-electron chi connectivity index (χ3n) is 4.72. The molecule has 0 saturated carbocycles. The first kappa shape index (κ1) is 19.1. The average Bonchev–Trinajstić information content (AvgIpc) is 2.63. The van der Waals surface area contributed by atoms with Crippen molar-refractivity contribution in [3.63, 3.8) is 0 Å². The number of nitrogen functional groups attached to an aromatic ring is 1. The summed E-state index contributed by atoms with van der Waals surface area (Å²) < 4.78 is 29.5. The number of hydrogen-bond donors (Lipinski definition) is 3. The Morgan fingerprint density at radius 2 is 1.97 bits per heavy atom. The number of aromatic nitrogens is 2. The lowest BCUT2D eigenvalue weighted by Gasteiger charge is -2.39. The highest BCUT2D eigenvalue weighted by Crippen LogP contribution is 2.38. The number of hydrogen-bond acceptors (Lipinski definition) is 6. The Labute approximate surface area is 166 Å².